The topological polar surface area (TPSA) is 339 Å². The van der Waals surface area contributed by atoms with Crippen molar-refractivity contribution in [3.8, 4) is 5.75 Å². The summed E-state index contributed by atoms with van der Waals surface area (Å²) in [6, 6.07) is 0.0250. The molecule has 0 radical (unpaired) electrons. The Morgan fingerprint density at radius 1 is 0.985 bits per heavy atom. The summed E-state index contributed by atoms with van der Waals surface area (Å²) >= 11 is -1.63. The minimum atomic E-state index is -1.63. The number of aromatic nitrogens is 1. The van der Waals surface area contributed by atoms with Crippen molar-refractivity contribution in [1.29, 1.82) is 0 Å². The average molecular weight is 949 g/mol. The molecule has 0 aliphatic carbocycles. The first-order valence-corrected chi connectivity index (χ1v) is 23.6. The molecule has 3 rings (SSSR count). The van der Waals surface area contributed by atoms with E-state index >= 15 is 0 Å². The van der Waals surface area contributed by atoms with E-state index < -0.39 is 114 Å². The largest absolute Gasteiger partial charge is 0.610 e. The van der Waals surface area contributed by atoms with Crippen molar-refractivity contribution in [2.75, 3.05) is 52.6 Å². The molecule has 0 spiro atoms. The van der Waals surface area contributed by atoms with E-state index in [1.807, 2.05) is 13.8 Å². The number of likely N-dealkylation sites (N-methyl/N-ethyl adjacent to an activating group) is 1. The van der Waals surface area contributed by atoms with E-state index in [4.69, 9.17) is 10.5 Å². The van der Waals surface area contributed by atoms with Crippen LogP contribution in [0.3, 0.4) is 0 Å². The summed E-state index contributed by atoms with van der Waals surface area (Å²) < 4.78 is 19.0. The van der Waals surface area contributed by atoms with E-state index in [-0.39, 0.29) is 43.0 Å². The van der Waals surface area contributed by atoms with Crippen LogP contribution in [0.2, 0.25) is 0 Å². The molecule has 9 atom stereocenters. The molecule has 1 aromatic carbocycles. The monoisotopic (exact) mass is 948 g/mol. The summed E-state index contributed by atoms with van der Waals surface area (Å²) in [5.41, 5.74) is 6.34. The lowest BCUT2D eigenvalue weighted by Crippen LogP contribution is -2.59. The summed E-state index contributed by atoms with van der Waals surface area (Å²) in [5.74, 6) is -5.55. The zero-order valence-corrected chi connectivity index (χ0v) is 39.5. The summed E-state index contributed by atoms with van der Waals surface area (Å²) in [4.78, 5) is 108. The number of aliphatic hydroxyl groups excluding tert-OH is 2. The van der Waals surface area contributed by atoms with Gasteiger partial charge in [-0.25, -0.2) is 0 Å². The van der Waals surface area contributed by atoms with Gasteiger partial charge in [0.2, 0.25) is 46.4 Å². The van der Waals surface area contributed by atoms with E-state index in [0.29, 0.717) is 54.3 Å². The molecule has 1 aliphatic heterocycles. The van der Waals surface area contributed by atoms with Gasteiger partial charge in [0.05, 0.1) is 62.5 Å². The Bertz CT molecular complexity index is 2000. The van der Waals surface area contributed by atoms with Gasteiger partial charge in [0, 0.05) is 59.7 Å². The average Bonchev–Trinajstić information content (AvgIpc) is 3.90. The lowest BCUT2D eigenvalue weighted by atomic mass is 9.94. The van der Waals surface area contributed by atoms with Crippen molar-refractivity contribution in [3.63, 3.8) is 0 Å². The maximum Gasteiger partial charge on any atom is 0.243 e. The standard InChI is InChI=1S/C43H68N10O12S/c1-8-24(4)37(40(61)49-20-35(58)46-13-15-54)52-36(59)21-48-39(60)31(17-29-28-12-11-27(65-23(2)3)16-30(28)51-42(29)66(7)64)50-41(62)38(25(5)33(56)22-55)47-19-26-10-9-14-53(26)43(63)32(45-6)18-34(44)57/h11-12,15-16,23-26,31-33,37-38,45,47,51,55-56H,8-10,13-14,17-22H2,1-7H3,(H2,44,57)(H,46,58)(H,48,60)(H,49,61)(H,50,62)(H,52,59)/t24-,25-,26-,31-,32-,33-,37-,38-,66?/m0/s1. The smallest absolute Gasteiger partial charge is 0.243 e. The van der Waals surface area contributed by atoms with Crippen molar-refractivity contribution in [2.45, 2.75) is 114 Å². The van der Waals surface area contributed by atoms with Gasteiger partial charge in [-0.05, 0) is 51.8 Å². The Hall–Kier alpha value is -5.33. The van der Waals surface area contributed by atoms with E-state index in [2.05, 4.69) is 42.2 Å². The first kappa shape index (κ1) is 55.0. The molecule has 22 nitrogen and oxygen atoms in total. The number of aliphatic hydroxyl groups is 2. The van der Waals surface area contributed by atoms with Crippen LogP contribution in [0.1, 0.15) is 65.9 Å². The number of amides is 7. The third kappa shape index (κ3) is 15.9. The number of benzene rings is 1. The predicted molar refractivity (Wildman–Crippen MR) is 244 cm³/mol. The maximum absolute atomic E-state index is 14.5. The molecular formula is C43H68N10O12S. The van der Waals surface area contributed by atoms with Crippen LogP contribution in [0.15, 0.2) is 23.2 Å². The number of aldehydes is 1. The predicted octanol–water partition coefficient (Wildman–Crippen LogP) is -2.80. The highest BCUT2D eigenvalue weighted by atomic mass is 32.2. The normalized spacial score (nSPS) is 17.4. The van der Waals surface area contributed by atoms with Crippen molar-refractivity contribution < 1.29 is 57.9 Å². The molecule has 0 saturated carbocycles. The van der Waals surface area contributed by atoms with Gasteiger partial charge in [0.25, 0.3) is 0 Å². The van der Waals surface area contributed by atoms with Crippen molar-refractivity contribution in [2.24, 2.45) is 17.6 Å². The molecule has 1 aromatic heterocycles. The van der Waals surface area contributed by atoms with E-state index in [0.717, 1.165) is 0 Å². The molecule has 66 heavy (non-hydrogen) atoms. The van der Waals surface area contributed by atoms with Crippen LogP contribution in [0.4, 0.5) is 0 Å². The summed E-state index contributed by atoms with van der Waals surface area (Å²) in [7, 11) is 1.54. The highest BCUT2D eigenvalue weighted by Crippen LogP contribution is 2.31. The molecule has 0 bridgehead atoms. The Labute approximate surface area is 387 Å². The van der Waals surface area contributed by atoms with Gasteiger partial charge in [-0.15, -0.1) is 0 Å². The molecular weight excluding hydrogens is 881 g/mol. The lowest BCUT2D eigenvalue weighted by Gasteiger charge is -2.33. The third-order valence-corrected chi connectivity index (χ3v) is 12.4. The molecule has 368 valence electrons. The van der Waals surface area contributed by atoms with Gasteiger partial charge in [-0.1, -0.05) is 27.2 Å². The molecule has 1 unspecified atom stereocenters. The third-order valence-electron chi connectivity index (χ3n) is 11.5. The molecule has 1 fully saturated rings. The quantitative estimate of drug-likeness (QED) is 0.0304. The van der Waals surface area contributed by atoms with Crippen LogP contribution in [0.5, 0.6) is 5.75 Å². The zero-order valence-electron chi connectivity index (χ0n) is 38.7. The first-order valence-electron chi connectivity index (χ1n) is 22.0. The molecule has 7 amide bonds. The highest BCUT2D eigenvalue weighted by Gasteiger charge is 2.38. The van der Waals surface area contributed by atoms with Crippen LogP contribution in [0.25, 0.3) is 10.9 Å². The second-order valence-electron chi connectivity index (χ2n) is 16.7. The maximum atomic E-state index is 14.5. The number of primary amides is 1. The van der Waals surface area contributed by atoms with Crippen LogP contribution in [-0.4, -0.2) is 167 Å². The molecule has 12 N–H and O–H groups in total. The van der Waals surface area contributed by atoms with Gasteiger partial charge in [-0.3, -0.25) is 33.6 Å². The zero-order chi connectivity index (χ0) is 49.2. The van der Waals surface area contributed by atoms with Gasteiger partial charge in [0.15, 0.2) is 0 Å². The molecule has 1 saturated heterocycles. The van der Waals surface area contributed by atoms with Crippen LogP contribution < -0.4 is 47.7 Å². The number of fused-ring (bicyclic) bond motifs is 1. The van der Waals surface area contributed by atoms with E-state index in [9.17, 15) is 53.1 Å². The number of carbonyl (C=O) groups is 8. The number of carbonyl (C=O) groups excluding carboxylic acids is 8. The number of aromatic amines is 1. The minimum absolute atomic E-state index is 0.0485. The van der Waals surface area contributed by atoms with E-state index in [1.165, 1.54) is 20.2 Å². The number of likely N-dealkylation sites (tertiary alicyclic amines) is 1. The van der Waals surface area contributed by atoms with Crippen molar-refractivity contribution >= 4 is 69.7 Å². The fourth-order valence-corrected chi connectivity index (χ4v) is 8.41. The fourth-order valence-electron chi connectivity index (χ4n) is 7.61. The summed E-state index contributed by atoms with van der Waals surface area (Å²) in [6.07, 6.45) is 1.53. The number of H-pyrrole nitrogens is 1. The molecule has 23 heteroatoms. The SMILES string of the molecule is CC[C@H](C)[C@H](NC(=O)CNC(=O)[C@H](Cc1c([S+](C)[O-])[nH]c2cc(OC(C)C)ccc12)NC(=O)[C@@H](NC[C@@H]1CCCN1C(=O)[C@H](CC(N)=O)NC)[C@@H](C)[C@@H](O)CO)C(=O)NCC(=O)NCC=O. The number of nitrogens with two attached hydrogens (primary N) is 1. The number of nitrogens with zero attached hydrogens (tertiary/aromatic N) is 1. The van der Waals surface area contributed by atoms with E-state index in [1.54, 1.807) is 36.9 Å². The summed E-state index contributed by atoms with van der Waals surface area (Å²) in [6.45, 7) is 7.12. The second-order valence-corrected chi connectivity index (χ2v) is 18.0. The lowest BCUT2D eigenvalue weighted by molar-refractivity contribution is -0.136. The second kappa shape index (κ2) is 26.7. The Kier molecular flexibility index (Phi) is 22.3. The Morgan fingerprint density at radius 3 is 2.27 bits per heavy atom. The van der Waals surface area contributed by atoms with Crippen LogP contribution in [0, 0.1) is 11.8 Å². The van der Waals surface area contributed by atoms with Crippen LogP contribution >= 0.6 is 0 Å². The highest BCUT2D eigenvalue weighted by molar-refractivity contribution is 7.90. The number of nitrogens with one attached hydrogen (secondary N) is 8. The van der Waals surface area contributed by atoms with Gasteiger partial charge in [0.1, 0.15) is 30.4 Å². The number of hydrogen-bond donors (Lipinski definition) is 11. The van der Waals surface area contributed by atoms with Crippen molar-refractivity contribution in [1.82, 2.24) is 47.1 Å². The first-order chi connectivity index (χ1) is 31.3. The Morgan fingerprint density at radius 2 is 1.67 bits per heavy atom. The minimum Gasteiger partial charge on any atom is -0.610 e. The number of rotatable bonds is 28. The molecule has 2 aromatic rings. The van der Waals surface area contributed by atoms with Gasteiger partial charge < -0.3 is 77.1 Å². The van der Waals surface area contributed by atoms with Gasteiger partial charge >= 0.3 is 0 Å². The number of ether oxygens (including phenoxy) is 1. The number of hydrogen-bond acceptors (Lipinski definition) is 14. The Balaban J connectivity index is 1.96. The molecule has 2 heterocycles. The molecule has 1 aliphatic rings. The van der Waals surface area contributed by atoms with Crippen LogP contribution in [-0.2, 0) is 56.0 Å². The summed E-state index contributed by atoms with van der Waals surface area (Å²) in [5, 5.41) is 40.1. The van der Waals surface area contributed by atoms with Gasteiger partial charge in [-0.2, -0.15) is 0 Å². The fraction of sp³-hybridized carbons (Fsp3) is 0.628. The van der Waals surface area contributed by atoms with Crippen molar-refractivity contribution in [3.05, 3.63) is 23.8 Å².